The van der Waals surface area contributed by atoms with E-state index in [9.17, 15) is 9.90 Å². The second-order valence-corrected chi connectivity index (χ2v) is 7.01. The molecule has 1 fully saturated rings. The number of carboxylic acid groups (broad SMARTS) is 1. The lowest BCUT2D eigenvalue weighted by Crippen LogP contribution is -2.48. The van der Waals surface area contributed by atoms with Crippen molar-refractivity contribution in [1.29, 1.82) is 0 Å². The topological polar surface area (TPSA) is 69.8 Å². The number of carboxylic acids is 1. The van der Waals surface area contributed by atoms with E-state index in [-0.39, 0.29) is 18.0 Å². The molecular formula is C18H27N3O2. The Kier molecular flexibility index (Phi) is 4.71. The number of piperidine rings is 1. The predicted molar refractivity (Wildman–Crippen MR) is 90.3 cm³/mol. The minimum atomic E-state index is -0.664. The summed E-state index contributed by atoms with van der Waals surface area (Å²) in [5, 5.41) is 9.37. The number of aliphatic carboxylic acids is 1. The van der Waals surface area contributed by atoms with E-state index < -0.39 is 5.97 Å². The van der Waals surface area contributed by atoms with Crippen LogP contribution in [0, 0.1) is 12.8 Å². The Balaban J connectivity index is 1.93. The van der Waals surface area contributed by atoms with Gasteiger partial charge in [-0.05, 0) is 44.5 Å². The molecule has 2 aliphatic rings. The summed E-state index contributed by atoms with van der Waals surface area (Å²) < 4.78 is 0. The number of hydrogen-bond acceptors (Lipinski definition) is 4. The Hall–Kier alpha value is -1.43. The van der Waals surface area contributed by atoms with E-state index in [1.54, 1.807) is 0 Å². The zero-order valence-electron chi connectivity index (χ0n) is 14.0. The van der Waals surface area contributed by atoms with Gasteiger partial charge >= 0.3 is 5.97 Å². The zero-order chi connectivity index (χ0) is 16.6. The Bertz CT molecular complexity index is 590. The third-order valence-electron chi connectivity index (χ3n) is 5.42. The number of benzene rings is 1. The first-order chi connectivity index (χ1) is 11.0. The van der Waals surface area contributed by atoms with Crippen LogP contribution in [0.5, 0.6) is 0 Å². The molecule has 0 aromatic heterocycles. The molecular weight excluding hydrogens is 290 g/mol. The van der Waals surface area contributed by atoms with Gasteiger partial charge in [0.25, 0.3) is 0 Å². The highest BCUT2D eigenvalue weighted by atomic mass is 16.4. The molecule has 3 unspecified atom stereocenters. The summed E-state index contributed by atoms with van der Waals surface area (Å²) in [5.41, 5.74) is 9.89. The van der Waals surface area contributed by atoms with Crippen molar-refractivity contribution in [3.8, 4) is 0 Å². The SMILES string of the molecule is Cc1ccc2c(c1)C(N1CCCC(C(=O)O)C1)CN(C)C2CN. The number of likely N-dealkylation sites (N-methyl/N-ethyl adjacent to an activating group) is 1. The van der Waals surface area contributed by atoms with Crippen LogP contribution in [0.2, 0.25) is 0 Å². The van der Waals surface area contributed by atoms with Crippen LogP contribution in [0.3, 0.4) is 0 Å². The van der Waals surface area contributed by atoms with Crippen molar-refractivity contribution in [2.75, 3.05) is 33.2 Å². The summed E-state index contributed by atoms with van der Waals surface area (Å²) in [6, 6.07) is 7.12. The lowest BCUT2D eigenvalue weighted by Gasteiger charge is -2.45. The van der Waals surface area contributed by atoms with E-state index in [1.807, 2.05) is 0 Å². The second-order valence-electron chi connectivity index (χ2n) is 7.01. The largest absolute Gasteiger partial charge is 0.481 e. The Labute approximate surface area is 138 Å². The van der Waals surface area contributed by atoms with Crippen molar-refractivity contribution in [2.45, 2.75) is 31.8 Å². The van der Waals surface area contributed by atoms with Gasteiger partial charge in [-0.25, -0.2) is 0 Å². The summed E-state index contributed by atoms with van der Waals surface area (Å²) in [5.74, 6) is -0.905. The molecule has 3 N–H and O–H groups in total. The van der Waals surface area contributed by atoms with Gasteiger partial charge in [-0.1, -0.05) is 23.8 Å². The fourth-order valence-electron chi connectivity index (χ4n) is 4.13. The van der Waals surface area contributed by atoms with Gasteiger partial charge in [0.15, 0.2) is 0 Å². The minimum Gasteiger partial charge on any atom is -0.481 e. The standard InChI is InChI=1S/C18H27N3O2/c1-12-5-6-14-15(8-12)17(11-20(2)16(14)9-19)21-7-3-4-13(10-21)18(22)23/h5-6,8,13,16-17H,3-4,7,9-11,19H2,1-2H3,(H,22,23). The smallest absolute Gasteiger partial charge is 0.307 e. The van der Waals surface area contributed by atoms with Gasteiger partial charge in [0.1, 0.15) is 0 Å². The van der Waals surface area contributed by atoms with Crippen LogP contribution >= 0.6 is 0 Å². The molecule has 0 bridgehead atoms. The number of hydrogen-bond donors (Lipinski definition) is 2. The highest BCUT2D eigenvalue weighted by Gasteiger charge is 2.36. The Morgan fingerprint density at radius 1 is 1.35 bits per heavy atom. The molecule has 5 nitrogen and oxygen atoms in total. The number of nitrogens with zero attached hydrogens (tertiary/aromatic N) is 2. The molecule has 5 heteroatoms. The third kappa shape index (κ3) is 3.13. The number of fused-ring (bicyclic) bond motifs is 1. The molecule has 3 rings (SSSR count). The minimum absolute atomic E-state index is 0.241. The average Bonchev–Trinajstić information content (AvgIpc) is 2.54. The van der Waals surface area contributed by atoms with Gasteiger partial charge in [0.2, 0.25) is 0 Å². The Morgan fingerprint density at radius 3 is 2.83 bits per heavy atom. The van der Waals surface area contributed by atoms with Crippen LogP contribution in [0.25, 0.3) is 0 Å². The van der Waals surface area contributed by atoms with Gasteiger partial charge in [-0.2, -0.15) is 0 Å². The van der Waals surface area contributed by atoms with E-state index in [0.717, 1.165) is 25.9 Å². The zero-order valence-corrected chi connectivity index (χ0v) is 14.0. The molecule has 0 spiro atoms. The van der Waals surface area contributed by atoms with E-state index in [2.05, 4.69) is 42.0 Å². The van der Waals surface area contributed by atoms with Crippen LogP contribution in [-0.4, -0.2) is 54.1 Å². The van der Waals surface area contributed by atoms with Gasteiger partial charge in [-0.3, -0.25) is 14.6 Å². The van der Waals surface area contributed by atoms with Crippen molar-refractivity contribution in [1.82, 2.24) is 9.80 Å². The molecule has 126 valence electrons. The molecule has 1 aromatic rings. The molecule has 23 heavy (non-hydrogen) atoms. The number of rotatable bonds is 3. The van der Waals surface area contributed by atoms with E-state index in [4.69, 9.17) is 5.73 Å². The van der Waals surface area contributed by atoms with Crippen molar-refractivity contribution in [3.63, 3.8) is 0 Å². The van der Waals surface area contributed by atoms with Crippen LogP contribution in [0.15, 0.2) is 18.2 Å². The van der Waals surface area contributed by atoms with E-state index >= 15 is 0 Å². The highest BCUT2D eigenvalue weighted by molar-refractivity contribution is 5.70. The summed E-state index contributed by atoms with van der Waals surface area (Å²) in [6.07, 6.45) is 1.75. The summed E-state index contributed by atoms with van der Waals surface area (Å²) in [7, 11) is 2.12. The van der Waals surface area contributed by atoms with Crippen molar-refractivity contribution >= 4 is 5.97 Å². The van der Waals surface area contributed by atoms with Crippen molar-refractivity contribution in [3.05, 3.63) is 34.9 Å². The molecule has 2 aliphatic heterocycles. The fourth-order valence-corrected chi connectivity index (χ4v) is 4.13. The molecule has 0 amide bonds. The molecule has 3 atom stereocenters. The average molecular weight is 317 g/mol. The highest BCUT2D eigenvalue weighted by Crippen LogP contribution is 2.38. The maximum absolute atomic E-state index is 11.4. The lowest BCUT2D eigenvalue weighted by molar-refractivity contribution is -0.144. The van der Waals surface area contributed by atoms with Gasteiger partial charge in [0.05, 0.1) is 5.92 Å². The predicted octanol–water partition coefficient (Wildman–Crippen LogP) is 1.78. The molecule has 1 saturated heterocycles. The van der Waals surface area contributed by atoms with E-state index in [0.29, 0.717) is 13.1 Å². The van der Waals surface area contributed by atoms with Crippen LogP contribution in [0.1, 0.15) is 41.6 Å². The number of nitrogens with two attached hydrogens (primary N) is 1. The first-order valence-electron chi connectivity index (χ1n) is 8.49. The van der Waals surface area contributed by atoms with Crippen molar-refractivity contribution < 1.29 is 9.90 Å². The molecule has 0 aliphatic carbocycles. The molecule has 2 heterocycles. The molecule has 1 aromatic carbocycles. The van der Waals surface area contributed by atoms with Gasteiger partial charge in [0, 0.05) is 31.7 Å². The maximum atomic E-state index is 11.4. The first-order valence-corrected chi connectivity index (χ1v) is 8.49. The van der Waals surface area contributed by atoms with Gasteiger partial charge in [-0.15, -0.1) is 0 Å². The maximum Gasteiger partial charge on any atom is 0.307 e. The molecule has 0 radical (unpaired) electrons. The quantitative estimate of drug-likeness (QED) is 0.889. The normalized spacial score (nSPS) is 29.3. The lowest BCUT2D eigenvalue weighted by atomic mass is 9.86. The van der Waals surface area contributed by atoms with Crippen molar-refractivity contribution in [2.24, 2.45) is 11.7 Å². The van der Waals surface area contributed by atoms with Crippen LogP contribution < -0.4 is 5.73 Å². The number of likely N-dealkylation sites (tertiary alicyclic amines) is 1. The monoisotopic (exact) mass is 317 g/mol. The fraction of sp³-hybridized carbons (Fsp3) is 0.611. The summed E-state index contributed by atoms with van der Waals surface area (Å²) in [6.45, 7) is 5.25. The Morgan fingerprint density at radius 2 is 2.13 bits per heavy atom. The van der Waals surface area contributed by atoms with Crippen LogP contribution in [0.4, 0.5) is 0 Å². The summed E-state index contributed by atoms with van der Waals surface area (Å²) in [4.78, 5) is 16.1. The number of carbonyl (C=O) groups is 1. The second kappa shape index (κ2) is 6.59. The number of aryl methyl sites for hydroxylation is 1. The van der Waals surface area contributed by atoms with Crippen LogP contribution in [-0.2, 0) is 4.79 Å². The molecule has 0 saturated carbocycles. The summed E-state index contributed by atoms with van der Waals surface area (Å²) >= 11 is 0. The first kappa shape index (κ1) is 16.4. The van der Waals surface area contributed by atoms with E-state index in [1.165, 1.54) is 16.7 Å². The van der Waals surface area contributed by atoms with Gasteiger partial charge < -0.3 is 10.8 Å². The third-order valence-corrected chi connectivity index (χ3v) is 5.42.